The van der Waals surface area contributed by atoms with Gasteiger partial charge in [0.05, 0.1) is 11.5 Å². The minimum atomic E-state index is -2.87. The van der Waals surface area contributed by atoms with Gasteiger partial charge in [-0.05, 0) is 19.8 Å². The number of aryl methyl sites for hydroxylation is 1. The van der Waals surface area contributed by atoms with Crippen molar-refractivity contribution in [2.45, 2.75) is 32.7 Å². The molecule has 0 radical (unpaired) electrons. The van der Waals surface area contributed by atoms with Crippen molar-refractivity contribution < 1.29 is 8.42 Å². The number of anilines is 2. The number of hydrogen-bond acceptors (Lipinski definition) is 6. The van der Waals surface area contributed by atoms with Gasteiger partial charge in [0.2, 0.25) is 5.95 Å². The molecule has 1 aliphatic heterocycles. The molecule has 2 rings (SSSR count). The summed E-state index contributed by atoms with van der Waals surface area (Å²) in [5, 5.41) is 6.33. The fourth-order valence-corrected chi connectivity index (χ4v) is 3.69. The first-order valence-corrected chi connectivity index (χ1v) is 8.37. The van der Waals surface area contributed by atoms with Crippen molar-refractivity contribution >= 4 is 21.6 Å². The van der Waals surface area contributed by atoms with Crippen molar-refractivity contribution in [3.05, 3.63) is 11.8 Å². The standard InChI is InChI=1S/C12H20N4O2S/c1-3-5-13-12-14-7-9(2)11(16-12)15-10-4-6-19(17,18)8-10/h7,10H,3-6,8H2,1-2H3,(H2,13,14,15,16). The molecular weight excluding hydrogens is 264 g/mol. The highest BCUT2D eigenvalue weighted by Crippen LogP contribution is 2.19. The number of hydrogen-bond donors (Lipinski definition) is 2. The summed E-state index contributed by atoms with van der Waals surface area (Å²) in [6.45, 7) is 4.80. The Labute approximate surface area is 114 Å². The minimum Gasteiger partial charge on any atom is -0.366 e. The molecule has 1 atom stereocenters. The molecule has 1 aromatic rings. The van der Waals surface area contributed by atoms with Crippen LogP contribution in [0, 0.1) is 6.92 Å². The van der Waals surface area contributed by atoms with Crippen molar-refractivity contribution in [2.24, 2.45) is 0 Å². The second-order valence-electron chi connectivity index (χ2n) is 4.90. The fourth-order valence-electron chi connectivity index (χ4n) is 2.01. The molecule has 1 aromatic heterocycles. The molecule has 0 aromatic carbocycles. The van der Waals surface area contributed by atoms with E-state index in [2.05, 4.69) is 27.5 Å². The lowest BCUT2D eigenvalue weighted by molar-refractivity contribution is 0.602. The van der Waals surface area contributed by atoms with E-state index in [1.54, 1.807) is 6.20 Å². The third-order valence-electron chi connectivity index (χ3n) is 3.08. The van der Waals surface area contributed by atoms with Crippen LogP contribution in [0.4, 0.5) is 11.8 Å². The predicted octanol–water partition coefficient (Wildman–Crippen LogP) is 1.21. The zero-order chi connectivity index (χ0) is 13.9. The van der Waals surface area contributed by atoms with Gasteiger partial charge in [-0.3, -0.25) is 0 Å². The quantitative estimate of drug-likeness (QED) is 0.845. The van der Waals surface area contributed by atoms with E-state index in [0.29, 0.717) is 12.4 Å². The number of nitrogens with zero attached hydrogens (tertiary/aromatic N) is 2. The SMILES string of the molecule is CCCNc1ncc(C)c(NC2CCS(=O)(=O)C2)n1. The molecule has 0 spiro atoms. The van der Waals surface area contributed by atoms with Gasteiger partial charge >= 0.3 is 0 Å². The third kappa shape index (κ3) is 3.79. The lowest BCUT2D eigenvalue weighted by Gasteiger charge is -2.14. The molecule has 1 saturated heterocycles. The summed E-state index contributed by atoms with van der Waals surface area (Å²) in [5.74, 6) is 1.75. The van der Waals surface area contributed by atoms with Gasteiger partial charge < -0.3 is 10.6 Å². The Bertz CT molecular complexity index is 545. The van der Waals surface area contributed by atoms with Gasteiger partial charge in [-0.1, -0.05) is 6.92 Å². The highest BCUT2D eigenvalue weighted by molar-refractivity contribution is 7.91. The first-order valence-electron chi connectivity index (χ1n) is 6.54. The summed E-state index contributed by atoms with van der Waals surface area (Å²) in [4.78, 5) is 8.59. The van der Waals surface area contributed by atoms with Crippen LogP contribution < -0.4 is 10.6 Å². The summed E-state index contributed by atoms with van der Waals surface area (Å²) in [5.41, 5.74) is 0.923. The zero-order valence-corrected chi connectivity index (χ0v) is 12.1. The minimum absolute atomic E-state index is 0.0439. The number of nitrogens with one attached hydrogen (secondary N) is 2. The molecule has 6 nitrogen and oxygen atoms in total. The fraction of sp³-hybridized carbons (Fsp3) is 0.667. The van der Waals surface area contributed by atoms with Gasteiger partial charge in [-0.2, -0.15) is 4.98 Å². The van der Waals surface area contributed by atoms with E-state index < -0.39 is 9.84 Å². The Kier molecular flexibility index (Phi) is 4.24. The lowest BCUT2D eigenvalue weighted by Crippen LogP contribution is -2.22. The van der Waals surface area contributed by atoms with Crippen molar-refractivity contribution in [3.63, 3.8) is 0 Å². The summed E-state index contributed by atoms with van der Waals surface area (Å²) < 4.78 is 22.9. The Balaban J connectivity index is 2.07. The van der Waals surface area contributed by atoms with Crippen LogP contribution in [0.3, 0.4) is 0 Å². The molecule has 1 unspecified atom stereocenters. The first-order chi connectivity index (χ1) is 9.00. The Morgan fingerprint density at radius 1 is 1.47 bits per heavy atom. The van der Waals surface area contributed by atoms with Gasteiger partial charge in [0, 0.05) is 24.3 Å². The normalized spacial score (nSPS) is 21.3. The van der Waals surface area contributed by atoms with E-state index in [9.17, 15) is 8.42 Å². The van der Waals surface area contributed by atoms with E-state index in [1.807, 2.05) is 6.92 Å². The van der Waals surface area contributed by atoms with Crippen LogP contribution in [0.2, 0.25) is 0 Å². The largest absolute Gasteiger partial charge is 0.366 e. The molecule has 1 fully saturated rings. The number of sulfone groups is 1. The average Bonchev–Trinajstić information content (AvgIpc) is 2.70. The maximum atomic E-state index is 11.4. The highest BCUT2D eigenvalue weighted by atomic mass is 32.2. The molecular formula is C12H20N4O2S. The molecule has 0 aliphatic carbocycles. The molecule has 1 aliphatic rings. The van der Waals surface area contributed by atoms with Crippen molar-refractivity contribution in [1.29, 1.82) is 0 Å². The summed E-state index contributed by atoms with van der Waals surface area (Å²) in [7, 11) is -2.87. The average molecular weight is 284 g/mol. The second-order valence-corrected chi connectivity index (χ2v) is 7.13. The topological polar surface area (TPSA) is 84.0 Å². The molecule has 0 saturated carbocycles. The number of rotatable bonds is 5. The van der Waals surface area contributed by atoms with Crippen molar-refractivity contribution in [2.75, 3.05) is 28.7 Å². The lowest BCUT2D eigenvalue weighted by atomic mass is 10.2. The van der Waals surface area contributed by atoms with Crippen molar-refractivity contribution in [1.82, 2.24) is 9.97 Å². The van der Waals surface area contributed by atoms with Crippen LogP contribution in [0.1, 0.15) is 25.3 Å². The second kappa shape index (κ2) is 5.73. The van der Waals surface area contributed by atoms with Crippen LogP contribution >= 0.6 is 0 Å². The van der Waals surface area contributed by atoms with Gasteiger partial charge in [-0.25, -0.2) is 13.4 Å². The smallest absolute Gasteiger partial charge is 0.224 e. The Morgan fingerprint density at radius 3 is 2.89 bits per heavy atom. The monoisotopic (exact) mass is 284 g/mol. The maximum Gasteiger partial charge on any atom is 0.224 e. The zero-order valence-electron chi connectivity index (χ0n) is 11.3. The maximum absolute atomic E-state index is 11.4. The molecule has 19 heavy (non-hydrogen) atoms. The highest BCUT2D eigenvalue weighted by Gasteiger charge is 2.28. The molecule has 7 heteroatoms. The van der Waals surface area contributed by atoms with Crippen molar-refractivity contribution in [3.8, 4) is 0 Å². The molecule has 2 heterocycles. The van der Waals surface area contributed by atoms with Gasteiger partial charge in [0.1, 0.15) is 5.82 Å². The van der Waals surface area contributed by atoms with E-state index in [0.717, 1.165) is 24.3 Å². The molecule has 106 valence electrons. The van der Waals surface area contributed by atoms with Crippen LogP contribution in [0.5, 0.6) is 0 Å². The Hall–Kier alpha value is -1.37. The van der Waals surface area contributed by atoms with Gasteiger partial charge in [0.15, 0.2) is 9.84 Å². The van der Waals surface area contributed by atoms with E-state index in [1.165, 1.54) is 0 Å². The van der Waals surface area contributed by atoms with Crippen LogP contribution in [0.25, 0.3) is 0 Å². The third-order valence-corrected chi connectivity index (χ3v) is 4.85. The molecule has 2 N–H and O–H groups in total. The first kappa shape index (κ1) is 14.0. The Morgan fingerprint density at radius 2 is 2.26 bits per heavy atom. The van der Waals surface area contributed by atoms with E-state index >= 15 is 0 Å². The van der Waals surface area contributed by atoms with Crippen LogP contribution in [-0.2, 0) is 9.84 Å². The van der Waals surface area contributed by atoms with Crippen LogP contribution in [-0.4, -0.2) is 42.5 Å². The summed E-state index contributed by atoms with van der Waals surface area (Å²) in [6.07, 6.45) is 3.39. The van der Waals surface area contributed by atoms with E-state index in [-0.39, 0.29) is 17.5 Å². The molecule has 0 amide bonds. The predicted molar refractivity (Wildman–Crippen MR) is 76.2 cm³/mol. The van der Waals surface area contributed by atoms with Gasteiger partial charge in [0.25, 0.3) is 0 Å². The summed E-state index contributed by atoms with van der Waals surface area (Å²) >= 11 is 0. The van der Waals surface area contributed by atoms with Gasteiger partial charge in [-0.15, -0.1) is 0 Å². The van der Waals surface area contributed by atoms with E-state index in [4.69, 9.17) is 0 Å². The number of aromatic nitrogens is 2. The summed E-state index contributed by atoms with van der Waals surface area (Å²) in [6, 6.07) is -0.0439. The van der Waals surface area contributed by atoms with Crippen LogP contribution in [0.15, 0.2) is 6.20 Å². The molecule has 0 bridgehead atoms.